The topological polar surface area (TPSA) is 69.6 Å². The summed E-state index contributed by atoms with van der Waals surface area (Å²) in [5.74, 6) is -0.136. The highest BCUT2D eigenvalue weighted by atomic mass is 16.3. The lowest BCUT2D eigenvalue weighted by molar-refractivity contribution is -0.121. The molecule has 4 nitrogen and oxygen atoms in total. The van der Waals surface area contributed by atoms with Crippen molar-refractivity contribution in [1.82, 2.24) is 5.32 Å². The number of phenolic OH excluding ortho intramolecular Hbond substituents is 2. The lowest BCUT2D eigenvalue weighted by Gasteiger charge is -2.06. The van der Waals surface area contributed by atoms with Gasteiger partial charge in [-0.15, -0.1) is 0 Å². The van der Waals surface area contributed by atoms with E-state index in [1.54, 1.807) is 6.07 Å². The predicted octanol–water partition coefficient (Wildman–Crippen LogP) is 4.68. The van der Waals surface area contributed by atoms with Gasteiger partial charge in [0.2, 0.25) is 5.91 Å². The van der Waals surface area contributed by atoms with E-state index in [9.17, 15) is 15.0 Å². The Kier molecular flexibility index (Phi) is 10.7. The van der Waals surface area contributed by atoms with Crippen LogP contribution in [0.3, 0.4) is 0 Å². The number of aromatic hydroxyl groups is 2. The molecule has 3 N–H and O–H groups in total. The fourth-order valence-electron chi connectivity index (χ4n) is 2.76. The van der Waals surface area contributed by atoms with Crippen molar-refractivity contribution in [3.63, 3.8) is 0 Å². The molecule has 0 fully saturated rings. The lowest BCUT2D eigenvalue weighted by atomic mass is 10.1. The Hall–Kier alpha value is -1.71. The van der Waals surface area contributed by atoms with Crippen molar-refractivity contribution in [2.75, 3.05) is 6.54 Å². The standard InChI is InChI=1S/C20H33NO3/c1-2-3-4-5-6-7-8-9-10-11-20(24)21-15-14-17-12-13-18(22)19(23)16-17/h12-13,16,22-23H,2-11,14-15H2,1H3,(H,21,24). The number of unbranched alkanes of at least 4 members (excludes halogenated alkanes) is 8. The third-order valence-electron chi connectivity index (χ3n) is 4.28. The average molecular weight is 335 g/mol. The second-order valence-corrected chi connectivity index (χ2v) is 6.50. The Morgan fingerprint density at radius 1 is 0.917 bits per heavy atom. The van der Waals surface area contributed by atoms with Gasteiger partial charge in [0.25, 0.3) is 0 Å². The Labute approximate surface area is 146 Å². The molecular formula is C20H33NO3. The number of amides is 1. The van der Waals surface area contributed by atoms with Gasteiger partial charge in [-0.3, -0.25) is 4.79 Å². The number of nitrogens with one attached hydrogen (secondary N) is 1. The van der Waals surface area contributed by atoms with E-state index in [1.165, 1.54) is 57.1 Å². The van der Waals surface area contributed by atoms with Crippen molar-refractivity contribution in [3.8, 4) is 11.5 Å². The van der Waals surface area contributed by atoms with Crippen LogP contribution >= 0.6 is 0 Å². The zero-order chi connectivity index (χ0) is 17.6. The number of carbonyl (C=O) groups is 1. The Morgan fingerprint density at radius 3 is 2.17 bits per heavy atom. The van der Waals surface area contributed by atoms with Gasteiger partial charge in [-0.1, -0.05) is 64.4 Å². The van der Waals surface area contributed by atoms with Crippen molar-refractivity contribution in [2.24, 2.45) is 0 Å². The summed E-state index contributed by atoms with van der Waals surface area (Å²) < 4.78 is 0. The Morgan fingerprint density at radius 2 is 1.54 bits per heavy atom. The maximum Gasteiger partial charge on any atom is 0.220 e. The molecule has 1 amide bonds. The maximum absolute atomic E-state index is 11.8. The van der Waals surface area contributed by atoms with Crippen LogP contribution in [0.4, 0.5) is 0 Å². The quantitative estimate of drug-likeness (QED) is 0.362. The minimum Gasteiger partial charge on any atom is -0.504 e. The van der Waals surface area contributed by atoms with Crippen LogP contribution in [0.2, 0.25) is 0 Å². The molecule has 136 valence electrons. The van der Waals surface area contributed by atoms with Crippen molar-refractivity contribution < 1.29 is 15.0 Å². The summed E-state index contributed by atoms with van der Waals surface area (Å²) in [6.07, 6.45) is 12.5. The highest BCUT2D eigenvalue weighted by Gasteiger charge is 2.03. The molecule has 0 radical (unpaired) electrons. The van der Waals surface area contributed by atoms with Gasteiger partial charge in [0.05, 0.1) is 0 Å². The van der Waals surface area contributed by atoms with E-state index in [-0.39, 0.29) is 17.4 Å². The number of hydrogen-bond acceptors (Lipinski definition) is 3. The molecule has 4 heteroatoms. The minimum atomic E-state index is -0.117. The van der Waals surface area contributed by atoms with Gasteiger partial charge < -0.3 is 15.5 Å². The number of benzene rings is 1. The average Bonchev–Trinajstić information content (AvgIpc) is 2.56. The van der Waals surface area contributed by atoms with E-state index in [0.717, 1.165) is 18.4 Å². The molecule has 0 atom stereocenters. The number of rotatable bonds is 13. The van der Waals surface area contributed by atoms with Crippen LogP contribution in [-0.2, 0) is 11.2 Å². The van der Waals surface area contributed by atoms with Crippen LogP contribution in [0.1, 0.15) is 76.7 Å². The van der Waals surface area contributed by atoms with Crippen molar-refractivity contribution >= 4 is 5.91 Å². The van der Waals surface area contributed by atoms with Gasteiger partial charge in [-0.25, -0.2) is 0 Å². The first kappa shape index (κ1) is 20.3. The van der Waals surface area contributed by atoms with E-state index >= 15 is 0 Å². The number of hydrogen-bond donors (Lipinski definition) is 3. The molecule has 0 heterocycles. The van der Waals surface area contributed by atoms with Crippen molar-refractivity contribution in [3.05, 3.63) is 23.8 Å². The normalized spacial score (nSPS) is 10.7. The molecule has 1 aromatic carbocycles. The summed E-state index contributed by atoms with van der Waals surface area (Å²) in [7, 11) is 0. The molecule has 0 aliphatic carbocycles. The van der Waals surface area contributed by atoms with E-state index in [4.69, 9.17) is 0 Å². The van der Waals surface area contributed by atoms with Gasteiger partial charge in [0.1, 0.15) is 0 Å². The Balaban J connectivity index is 1.97. The first-order valence-corrected chi connectivity index (χ1v) is 9.41. The molecule has 24 heavy (non-hydrogen) atoms. The van der Waals surface area contributed by atoms with Crippen molar-refractivity contribution in [2.45, 2.75) is 77.6 Å². The first-order chi connectivity index (χ1) is 11.6. The predicted molar refractivity (Wildman–Crippen MR) is 98.3 cm³/mol. The molecule has 0 unspecified atom stereocenters. The van der Waals surface area contributed by atoms with Gasteiger partial charge in [0, 0.05) is 13.0 Å². The highest BCUT2D eigenvalue weighted by Crippen LogP contribution is 2.24. The zero-order valence-electron chi connectivity index (χ0n) is 15.0. The molecule has 0 saturated carbocycles. The zero-order valence-corrected chi connectivity index (χ0v) is 15.0. The second kappa shape index (κ2) is 12.7. The number of phenols is 2. The van der Waals surface area contributed by atoms with E-state index in [1.807, 2.05) is 0 Å². The van der Waals surface area contributed by atoms with Gasteiger partial charge in [-0.2, -0.15) is 0 Å². The van der Waals surface area contributed by atoms with E-state index < -0.39 is 0 Å². The van der Waals surface area contributed by atoms with Crippen LogP contribution < -0.4 is 5.32 Å². The molecule has 1 aromatic rings. The van der Waals surface area contributed by atoms with E-state index in [2.05, 4.69) is 12.2 Å². The second-order valence-electron chi connectivity index (χ2n) is 6.50. The summed E-state index contributed by atoms with van der Waals surface area (Å²) in [6.45, 7) is 2.79. The summed E-state index contributed by atoms with van der Waals surface area (Å²) in [5.41, 5.74) is 0.897. The third kappa shape index (κ3) is 9.43. The molecule has 0 aromatic heterocycles. The van der Waals surface area contributed by atoms with Gasteiger partial charge in [-0.05, 0) is 30.5 Å². The smallest absolute Gasteiger partial charge is 0.220 e. The summed E-state index contributed by atoms with van der Waals surface area (Å²) in [5, 5.41) is 21.6. The Bertz CT molecular complexity index is 474. The molecule has 0 aliphatic rings. The molecule has 0 aliphatic heterocycles. The SMILES string of the molecule is CCCCCCCCCCCC(=O)NCCc1ccc(O)c(O)c1. The van der Waals surface area contributed by atoms with E-state index in [0.29, 0.717) is 19.4 Å². The highest BCUT2D eigenvalue weighted by molar-refractivity contribution is 5.75. The fourth-order valence-corrected chi connectivity index (χ4v) is 2.76. The van der Waals surface area contributed by atoms with Gasteiger partial charge in [0.15, 0.2) is 11.5 Å². The minimum absolute atomic E-state index is 0.0981. The van der Waals surface area contributed by atoms with Crippen LogP contribution in [0, 0.1) is 0 Å². The summed E-state index contributed by atoms with van der Waals surface area (Å²) >= 11 is 0. The largest absolute Gasteiger partial charge is 0.504 e. The molecule has 0 saturated heterocycles. The number of carbonyl (C=O) groups excluding carboxylic acids is 1. The van der Waals surface area contributed by atoms with Crippen LogP contribution in [0.15, 0.2) is 18.2 Å². The van der Waals surface area contributed by atoms with Gasteiger partial charge >= 0.3 is 0 Å². The molecule has 1 rings (SSSR count). The molecule has 0 bridgehead atoms. The fraction of sp³-hybridized carbons (Fsp3) is 0.650. The van der Waals surface area contributed by atoms with Crippen LogP contribution in [0.25, 0.3) is 0 Å². The summed E-state index contributed by atoms with van der Waals surface area (Å²) in [6, 6.07) is 4.75. The monoisotopic (exact) mass is 335 g/mol. The molecular weight excluding hydrogens is 302 g/mol. The van der Waals surface area contributed by atoms with Crippen molar-refractivity contribution in [1.29, 1.82) is 0 Å². The van der Waals surface area contributed by atoms with Crippen LogP contribution in [0.5, 0.6) is 11.5 Å². The first-order valence-electron chi connectivity index (χ1n) is 9.41. The van der Waals surface area contributed by atoms with Crippen LogP contribution in [-0.4, -0.2) is 22.7 Å². The maximum atomic E-state index is 11.8. The third-order valence-corrected chi connectivity index (χ3v) is 4.28. The molecule has 0 spiro atoms. The summed E-state index contributed by atoms with van der Waals surface area (Å²) in [4.78, 5) is 11.8. The lowest BCUT2D eigenvalue weighted by Crippen LogP contribution is -2.25.